The van der Waals surface area contributed by atoms with Crippen molar-refractivity contribution in [2.45, 2.75) is 38.1 Å². The Morgan fingerprint density at radius 2 is 2.12 bits per heavy atom. The topological polar surface area (TPSA) is 41.5 Å². The van der Waals surface area contributed by atoms with Crippen molar-refractivity contribution >= 4 is 11.6 Å². The fourth-order valence-corrected chi connectivity index (χ4v) is 2.53. The molecule has 94 valence electrons. The number of benzene rings is 1. The monoisotopic (exact) mass is 255 g/mol. The Labute approximate surface area is 107 Å². The van der Waals surface area contributed by atoms with Gasteiger partial charge in [-0.2, -0.15) is 0 Å². The Hall–Kier alpha value is -0.610. The summed E-state index contributed by atoms with van der Waals surface area (Å²) in [6, 6.07) is 7.39. The Morgan fingerprint density at radius 3 is 2.71 bits per heavy atom. The molecule has 1 fully saturated rings. The lowest BCUT2D eigenvalue weighted by molar-refractivity contribution is -0.182. The maximum absolute atomic E-state index is 10.4. The molecule has 1 aromatic carbocycles. The minimum absolute atomic E-state index is 0.238. The van der Waals surface area contributed by atoms with Crippen LogP contribution in [0.15, 0.2) is 24.3 Å². The standard InChI is InChI=1S/C13H18ClNO2/c1-12(2)8-17-11(13(3,16)15-12)9-5-4-6-10(14)7-9/h4-7,11,15-16H,8H2,1-3H3/t11?,13-/m0/s1. The van der Waals surface area contributed by atoms with E-state index in [-0.39, 0.29) is 5.54 Å². The molecule has 1 heterocycles. The van der Waals surface area contributed by atoms with Crippen molar-refractivity contribution in [3.8, 4) is 0 Å². The summed E-state index contributed by atoms with van der Waals surface area (Å²) in [5.74, 6) is 0. The molecule has 1 aromatic rings. The molecular weight excluding hydrogens is 238 g/mol. The molecule has 0 aliphatic carbocycles. The van der Waals surface area contributed by atoms with E-state index < -0.39 is 11.8 Å². The van der Waals surface area contributed by atoms with E-state index in [0.717, 1.165) is 5.56 Å². The molecule has 0 saturated carbocycles. The number of ether oxygens (including phenoxy) is 1. The second-order valence-electron chi connectivity index (χ2n) is 5.40. The highest BCUT2D eigenvalue weighted by molar-refractivity contribution is 6.30. The molecule has 0 bridgehead atoms. The van der Waals surface area contributed by atoms with Crippen molar-refractivity contribution in [1.29, 1.82) is 0 Å². The molecule has 1 saturated heterocycles. The van der Waals surface area contributed by atoms with Crippen molar-refractivity contribution in [1.82, 2.24) is 5.32 Å². The summed E-state index contributed by atoms with van der Waals surface area (Å²) in [6.45, 7) is 6.26. The molecule has 2 rings (SSSR count). The van der Waals surface area contributed by atoms with Crippen molar-refractivity contribution in [2.24, 2.45) is 0 Å². The fraction of sp³-hybridized carbons (Fsp3) is 0.538. The summed E-state index contributed by atoms with van der Waals surface area (Å²) in [4.78, 5) is 0. The minimum atomic E-state index is -1.10. The van der Waals surface area contributed by atoms with Gasteiger partial charge in [0.05, 0.1) is 6.61 Å². The summed E-state index contributed by atoms with van der Waals surface area (Å²) in [5.41, 5.74) is -0.462. The third kappa shape index (κ3) is 2.80. The van der Waals surface area contributed by atoms with E-state index in [1.165, 1.54) is 0 Å². The van der Waals surface area contributed by atoms with Gasteiger partial charge in [-0.05, 0) is 38.5 Å². The lowest BCUT2D eigenvalue weighted by Crippen LogP contribution is -2.63. The molecule has 2 N–H and O–H groups in total. The highest BCUT2D eigenvalue weighted by Crippen LogP contribution is 2.34. The first-order valence-corrected chi connectivity index (χ1v) is 6.07. The van der Waals surface area contributed by atoms with Gasteiger partial charge in [0.1, 0.15) is 11.8 Å². The highest BCUT2D eigenvalue weighted by Gasteiger charge is 2.43. The van der Waals surface area contributed by atoms with Crippen molar-refractivity contribution < 1.29 is 9.84 Å². The van der Waals surface area contributed by atoms with E-state index in [4.69, 9.17) is 16.3 Å². The number of halogens is 1. The van der Waals surface area contributed by atoms with Crippen LogP contribution in [-0.2, 0) is 4.74 Å². The Balaban J connectivity index is 2.28. The third-order valence-corrected chi connectivity index (χ3v) is 3.10. The van der Waals surface area contributed by atoms with Crippen LogP contribution in [-0.4, -0.2) is 23.0 Å². The molecule has 17 heavy (non-hydrogen) atoms. The smallest absolute Gasteiger partial charge is 0.144 e. The zero-order valence-corrected chi connectivity index (χ0v) is 11.1. The Kier molecular flexibility index (Phi) is 3.21. The molecule has 0 radical (unpaired) electrons. The molecule has 1 aliphatic heterocycles. The van der Waals surface area contributed by atoms with Crippen LogP contribution >= 0.6 is 11.6 Å². The summed E-state index contributed by atoms with van der Waals surface area (Å²) in [7, 11) is 0. The third-order valence-electron chi connectivity index (χ3n) is 2.86. The van der Waals surface area contributed by atoms with Crippen LogP contribution < -0.4 is 5.32 Å². The Bertz CT molecular complexity index is 418. The number of nitrogens with one attached hydrogen (secondary N) is 1. The number of hydrogen-bond donors (Lipinski definition) is 2. The van der Waals surface area contributed by atoms with Gasteiger partial charge < -0.3 is 9.84 Å². The molecule has 3 nitrogen and oxygen atoms in total. The van der Waals surface area contributed by atoms with E-state index in [1.54, 1.807) is 13.0 Å². The maximum Gasteiger partial charge on any atom is 0.144 e. The number of hydrogen-bond acceptors (Lipinski definition) is 3. The number of morpholine rings is 1. The molecular formula is C13H18ClNO2. The van der Waals surface area contributed by atoms with Gasteiger partial charge in [0.15, 0.2) is 0 Å². The molecule has 1 unspecified atom stereocenters. The van der Waals surface area contributed by atoms with Gasteiger partial charge >= 0.3 is 0 Å². The van der Waals surface area contributed by atoms with Crippen LogP contribution in [0.4, 0.5) is 0 Å². The molecule has 0 amide bonds. The second-order valence-corrected chi connectivity index (χ2v) is 5.84. The van der Waals surface area contributed by atoms with Crippen molar-refractivity contribution in [3.63, 3.8) is 0 Å². The normalized spacial score (nSPS) is 32.4. The SMILES string of the molecule is CC1(C)COC(c2cccc(Cl)c2)[C@](C)(O)N1. The molecule has 0 aromatic heterocycles. The first kappa shape index (κ1) is 12.8. The van der Waals surface area contributed by atoms with Gasteiger partial charge in [-0.1, -0.05) is 23.7 Å². The number of aliphatic hydroxyl groups is 1. The maximum atomic E-state index is 10.4. The summed E-state index contributed by atoms with van der Waals surface area (Å²) < 4.78 is 5.78. The largest absolute Gasteiger partial charge is 0.373 e. The number of rotatable bonds is 1. The van der Waals surface area contributed by atoms with E-state index in [9.17, 15) is 5.11 Å². The van der Waals surface area contributed by atoms with Gasteiger partial charge in [0.2, 0.25) is 0 Å². The lowest BCUT2D eigenvalue weighted by Gasteiger charge is -2.46. The summed E-state index contributed by atoms with van der Waals surface area (Å²) in [6.07, 6.45) is -0.408. The summed E-state index contributed by atoms with van der Waals surface area (Å²) in [5, 5.41) is 14.3. The predicted molar refractivity (Wildman–Crippen MR) is 68.0 cm³/mol. The molecule has 1 aliphatic rings. The van der Waals surface area contributed by atoms with E-state index >= 15 is 0 Å². The average molecular weight is 256 g/mol. The second kappa shape index (κ2) is 4.25. The quantitative estimate of drug-likeness (QED) is 0.810. The molecule has 4 heteroatoms. The van der Waals surface area contributed by atoms with E-state index in [1.807, 2.05) is 32.0 Å². The summed E-state index contributed by atoms with van der Waals surface area (Å²) >= 11 is 5.96. The van der Waals surface area contributed by atoms with Crippen LogP contribution in [0.5, 0.6) is 0 Å². The lowest BCUT2D eigenvalue weighted by atomic mass is 9.93. The van der Waals surface area contributed by atoms with Gasteiger partial charge in [-0.3, -0.25) is 5.32 Å². The highest BCUT2D eigenvalue weighted by atomic mass is 35.5. The molecule has 0 spiro atoms. The van der Waals surface area contributed by atoms with Crippen molar-refractivity contribution in [3.05, 3.63) is 34.9 Å². The zero-order chi connectivity index (χ0) is 12.7. The fourth-order valence-electron chi connectivity index (χ4n) is 2.33. The predicted octanol–water partition coefficient (Wildman–Crippen LogP) is 2.49. The van der Waals surface area contributed by atoms with E-state index in [2.05, 4.69) is 5.32 Å². The van der Waals surface area contributed by atoms with E-state index in [0.29, 0.717) is 11.6 Å². The van der Waals surface area contributed by atoms with Crippen LogP contribution in [0.3, 0.4) is 0 Å². The molecule has 2 atom stereocenters. The minimum Gasteiger partial charge on any atom is -0.373 e. The average Bonchev–Trinajstić information content (AvgIpc) is 2.14. The van der Waals surface area contributed by atoms with Crippen LogP contribution in [0.2, 0.25) is 5.02 Å². The first-order valence-electron chi connectivity index (χ1n) is 5.69. The van der Waals surface area contributed by atoms with Gasteiger partial charge in [0, 0.05) is 10.6 Å². The van der Waals surface area contributed by atoms with Crippen LogP contribution in [0, 0.1) is 0 Å². The van der Waals surface area contributed by atoms with Crippen LogP contribution in [0.25, 0.3) is 0 Å². The zero-order valence-electron chi connectivity index (χ0n) is 10.3. The first-order chi connectivity index (χ1) is 7.80. The van der Waals surface area contributed by atoms with Gasteiger partial charge in [-0.25, -0.2) is 0 Å². The Morgan fingerprint density at radius 1 is 1.41 bits per heavy atom. The van der Waals surface area contributed by atoms with Crippen LogP contribution in [0.1, 0.15) is 32.4 Å². The van der Waals surface area contributed by atoms with Gasteiger partial charge in [-0.15, -0.1) is 0 Å². The van der Waals surface area contributed by atoms with Gasteiger partial charge in [0.25, 0.3) is 0 Å². The van der Waals surface area contributed by atoms with Crippen molar-refractivity contribution in [2.75, 3.05) is 6.61 Å².